The molecule has 2 unspecified atom stereocenters. The van der Waals surface area contributed by atoms with Gasteiger partial charge >= 0.3 is 5.97 Å². The van der Waals surface area contributed by atoms with Gasteiger partial charge in [0.1, 0.15) is 0 Å². The van der Waals surface area contributed by atoms with E-state index in [4.69, 9.17) is 5.11 Å². The van der Waals surface area contributed by atoms with Gasteiger partial charge in [0.25, 0.3) is 0 Å². The van der Waals surface area contributed by atoms with Gasteiger partial charge in [-0.3, -0.25) is 0 Å². The van der Waals surface area contributed by atoms with Crippen molar-refractivity contribution in [3.8, 4) is 0 Å². The Morgan fingerprint density at radius 2 is 2.15 bits per heavy atom. The molecule has 2 aliphatic rings. The second-order valence-electron chi connectivity index (χ2n) is 5.82. The van der Waals surface area contributed by atoms with Crippen LogP contribution in [0.2, 0.25) is 0 Å². The summed E-state index contributed by atoms with van der Waals surface area (Å²) in [6, 6.07) is 3.18. The van der Waals surface area contributed by atoms with Gasteiger partial charge in [0, 0.05) is 19.0 Å². The molecular weight excluding hydrogens is 258 g/mol. The molecule has 1 saturated heterocycles. The Morgan fingerprint density at radius 1 is 1.30 bits per heavy atom. The van der Waals surface area contributed by atoms with E-state index in [0.717, 1.165) is 38.8 Å². The lowest BCUT2D eigenvalue weighted by Gasteiger charge is -2.47. The molecule has 20 heavy (non-hydrogen) atoms. The van der Waals surface area contributed by atoms with E-state index in [9.17, 15) is 9.90 Å². The van der Waals surface area contributed by atoms with E-state index in [2.05, 4.69) is 15.1 Å². The summed E-state index contributed by atoms with van der Waals surface area (Å²) >= 11 is 0. The third-order valence-corrected chi connectivity index (χ3v) is 4.62. The molecule has 6 nitrogen and oxygen atoms in total. The smallest absolute Gasteiger partial charge is 0.356 e. The molecule has 2 N–H and O–H groups in total. The predicted octanol–water partition coefficient (Wildman–Crippen LogP) is 1.31. The number of rotatable bonds is 2. The van der Waals surface area contributed by atoms with Crippen LogP contribution in [0.3, 0.4) is 0 Å². The number of anilines is 1. The maximum atomic E-state index is 10.8. The molecule has 108 valence electrons. The Labute approximate surface area is 117 Å². The molecule has 1 aromatic heterocycles. The first-order chi connectivity index (χ1) is 9.58. The van der Waals surface area contributed by atoms with E-state index in [1.54, 1.807) is 6.07 Å². The maximum absolute atomic E-state index is 10.8. The lowest BCUT2D eigenvalue weighted by Crippen LogP contribution is -2.53. The number of piperidine rings is 1. The van der Waals surface area contributed by atoms with Gasteiger partial charge in [0.15, 0.2) is 11.5 Å². The van der Waals surface area contributed by atoms with E-state index in [0.29, 0.717) is 5.82 Å². The number of nitrogens with zero attached hydrogens (tertiary/aromatic N) is 3. The highest BCUT2D eigenvalue weighted by atomic mass is 16.4. The van der Waals surface area contributed by atoms with Gasteiger partial charge < -0.3 is 15.1 Å². The molecule has 0 aromatic carbocycles. The molecule has 0 radical (unpaired) electrons. The van der Waals surface area contributed by atoms with Gasteiger partial charge in [-0.05, 0) is 31.4 Å². The number of hydrogen-bond acceptors (Lipinski definition) is 5. The van der Waals surface area contributed by atoms with Crippen molar-refractivity contribution in [3.05, 3.63) is 17.8 Å². The molecule has 1 aliphatic heterocycles. The standard InChI is InChI=1S/C14H19N3O3/c18-13(19)11-4-5-12(16-15-11)17-8-7-14(20)6-2-1-3-10(14)9-17/h4-5,10,20H,1-3,6-9H2,(H,18,19). The normalized spacial score (nSPS) is 29.9. The molecule has 3 rings (SSSR count). The van der Waals surface area contributed by atoms with Crippen LogP contribution in [0.4, 0.5) is 5.82 Å². The van der Waals surface area contributed by atoms with Gasteiger partial charge in [-0.15, -0.1) is 10.2 Å². The second kappa shape index (κ2) is 5.01. The number of fused-ring (bicyclic) bond motifs is 1. The molecule has 1 saturated carbocycles. The summed E-state index contributed by atoms with van der Waals surface area (Å²) < 4.78 is 0. The predicted molar refractivity (Wildman–Crippen MR) is 72.7 cm³/mol. The first-order valence-corrected chi connectivity index (χ1v) is 7.13. The summed E-state index contributed by atoms with van der Waals surface area (Å²) in [6.45, 7) is 1.52. The number of aliphatic hydroxyl groups is 1. The van der Waals surface area contributed by atoms with Crippen molar-refractivity contribution >= 4 is 11.8 Å². The summed E-state index contributed by atoms with van der Waals surface area (Å²) in [7, 11) is 0. The fraction of sp³-hybridized carbons (Fsp3) is 0.643. The van der Waals surface area contributed by atoms with Crippen LogP contribution in [0.5, 0.6) is 0 Å². The van der Waals surface area contributed by atoms with Crippen LogP contribution in [-0.4, -0.2) is 45.1 Å². The Kier molecular flexibility index (Phi) is 3.33. The monoisotopic (exact) mass is 277 g/mol. The molecule has 2 atom stereocenters. The summed E-state index contributed by atoms with van der Waals surface area (Å²) in [5.41, 5.74) is -0.552. The first kappa shape index (κ1) is 13.3. The van der Waals surface area contributed by atoms with E-state index >= 15 is 0 Å². The number of aromatic nitrogens is 2. The summed E-state index contributed by atoms with van der Waals surface area (Å²) in [5.74, 6) is -0.0853. The average Bonchev–Trinajstić information content (AvgIpc) is 2.46. The van der Waals surface area contributed by atoms with Gasteiger partial charge in [-0.25, -0.2) is 4.79 Å². The number of aromatic carboxylic acids is 1. The Hall–Kier alpha value is -1.69. The fourth-order valence-electron chi connectivity index (χ4n) is 3.39. The number of hydrogen-bond donors (Lipinski definition) is 2. The third-order valence-electron chi connectivity index (χ3n) is 4.62. The van der Waals surface area contributed by atoms with Crippen LogP contribution in [0.1, 0.15) is 42.6 Å². The third kappa shape index (κ3) is 2.35. The minimum atomic E-state index is -1.07. The molecule has 1 aromatic rings. The minimum Gasteiger partial charge on any atom is -0.476 e. The molecular formula is C14H19N3O3. The van der Waals surface area contributed by atoms with Crippen LogP contribution < -0.4 is 4.90 Å². The van der Waals surface area contributed by atoms with Gasteiger partial charge in [0.05, 0.1) is 5.60 Å². The number of carboxylic acid groups (broad SMARTS) is 1. The average molecular weight is 277 g/mol. The molecule has 6 heteroatoms. The van der Waals surface area contributed by atoms with E-state index in [1.807, 2.05) is 0 Å². The number of carbonyl (C=O) groups is 1. The van der Waals surface area contributed by atoms with Crippen LogP contribution in [0, 0.1) is 5.92 Å². The van der Waals surface area contributed by atoms with Crippen molar-refractivity contribution in [2.24, 2.45) is 5.92 Å². The zero-order valence-electron chi connectivity index (χ0n) is 11.3. The SMILES string of the molecule is O=C(O)c1ccc(N2CCC3(O)CCCCC3C2)nn1. The molecule has 0 bridgehead atoms. The quantitative estimate of drug-likeness (QED) is 0.847. The van der Waals surface area contributed by atoms with Crippen molar-refractivity contribution in [2.75, 3.05) is 18.0 Å². The lowest BCUT2D eigenvalue weighted by atomic mass is 9.71. The lowest BCUT2D eigenvalue weighted by molar-refractivity contribution is -0.0613. The summed E-state index contributed by atoms with van der Waals surface area (Å²) in [4.78, 5) is 12.9. The van der Waals surface area contributed by atoms with Crippen molar-refractivity contribution in [1.82, 2.24) is 10.2 Å². The van der Waals surface area contributed by atoms with Gasteiger partial charge in [0.2, 0.25) is 0 Å². The van der Waals surface area contributed by atoms with Gasteiger partial charge in [-0.2, -0.15) is 0 Å². The fourth-order valence-corrected chi connectivity index (χ4v) is 3.39. The summed E-state index contributed by atoms with van der Waals surface area (Å²) in [5, 5.41) is 27.2. The Bertz CT molecular complexity index is 505. The zero-order chi connectivity index (χ0) is 14.2. The van der Waals surface area contributed by atoms with Crippen LogP contribution >= 0.6 is 0 Å². The van der Waals surface area contributed by atoms with Crippen molar-refractivity contribution in [3.63, 3.8) is 0 Å². The molecule has 2 fully saturated rings. The van der Waals surface area contributed by atoms with Crippen LogP contribution in [0.15, 0.2) is 12.1 Å². The van der Waals surface area contributed by atoms with Crippen molar-refractivity contribution < 1.29 is 15.0 Å². The Balaban J connectivity index is 1.74. The second-order valence-corrected chi connectivity index (χ2v) is 5.82. The first-order valence-electron chi connectivity index (χ1n) is 7.13. The Morgan fingerprint density at radius 3 is 2.85 bits per heavy atom. The highest BCUT2D eigenvalue weighted by Crippen LogP contribution is 2.40. The maximum Gasteiger partial charge on any atom is 0.356 e. The molecule has 1 aliphatic carbocycles. The van der Waals surface area contributed by atoms with Crippen LogP contribution in [0.25, 0.3) is 0 Å². The topological polar surface area (TPSA) is 86.5 Å². The van der Waals surface area contributed by atoms with Gasteiger partial charge in [-0.1, -0.05) is 12.8 Å². The number of carboxylic acids is 1. The largest absolute Gasteiger partial charge is 0.476 e. The van der Waals surface area contributed by atoms with Crippen molar-refractivity contribution in [2.45, 2.75) is 37.7 Å². The zero-order valence-corrected chi connectivity index (χ0v) is 11.3. The molecule has 0 amide bonds. The minimum absolute atomic E-state index is 0.0417. The highest BCUT2D eigenvalue weighted by Gasteiger charge is 2.43. The highest BCUT2D eigenvalue weighted by molar-refractivity contribution is 5.85. The van der Waals surface area contributed by atoms with E-state index in [1.165, 1.54) is 12.5 Å². The molecule has 2 heterocycles. The summed E-state index contributed by atoms with van der Waals surface area (Å²) in [6.07, 6.45) is 4.98. The van der Waals surface area contributed by atoms with Crippen LogP contribution in [-0.2, 0) is 0 Å². The van der Waals surface area contributed by atoms with Crippen molar-refractivity contribution in [1.29, 1.82) is 0 Å². The van der Waals surface area contributed by atoms with E-state index < -0.39 is 11.6 Å². The molecule has 0 spiro atoms. The van der Waals surface area contributed by atoms with E-state index in [-0.39, 0.29) is 11.6 Å².